The Balaban J connectivity index is 1.90. The number of nitrogens with zero attached hydrogens (tertiary/aromatic N) is 1. The molecule has 0 aliphatic heterocycles. The summed E-state index contributed by atoms with van der Waals surface area (Å²) in [6, 6.07) is 4.56. The van der Waals surface area contributed by atoms with Gasteiger partial charge in [0.05, 0.1) is 12.8 Å². The maximum absolute atomic E-state index is 5.27. The van der Waals surface area contributed by atoms with E-state index in [1.807, 2.05) is 19.1 Å². The van der Waals surface area contributed by atoms with Gasteiger partial charge in [-0.3, -0.25) is 4.98 Å². The van der Waals surface area contributed by atoms with Gasteiger partial charge in [0, 0.05) is 30.4 Å². The fourth-order valence-electron chi connectivity index (χ4n) is 2.80. The maximum Gasteiger partial charge on any atom is 0.122 e. The number of aryl methyl sites for hydroxylation is 1. The third kappa shape index (κ3) is 3.45. The Labute approximate surface area is 110 Å². The molecule has 3 heteroatoms. The molecule has 1 saturated carbocycles. The molecule has 1 atom stereocenters. The molecule has 0 aromatic carbocycles. The fraction of sp³-hybridized carbons (Fsp3) is 0.667. The fourth-order valence-corrected chi connectivity index (χ4v) is 2.80. The molecule has 0 spiro atoms. The van der Waals surface area contributed by atoms with Crippen LogP contribution in [0.2, 0.25) is 0 Å². The molecule has 1 aliphatic carbocycles. The summed E-state index contributed by atoms with van der Waals surface area (Å²) in [7, 11) is 1.70. The summed E-state index contributed by atoms with van der Waals surface area (Å²) in [6.07, 6.45) is 5.54. The average molecular weight is 248 g/mol. The van der Waals surface area contributed by atoms with E-state index in [1.54, 1.807) is 7.11 Å². The first-order valence-electron chi connectivity index (χ1n) is 6.94. The lowest BCUT2D eigenvalue weighted by Crippen LogP contribution is -2.32. The van der Waals surface area contributed by atoms with Gasteiger partial charge in [0.25, 0.3) is 0 Å². The van der Waals surface area contributed by atoms with Crippen LogP contribution < -0.4 is 10.1 Å². The highest BCUT2D eigenvalue weighted by molar-refractivity contribution is 5.26. The first-order valence-corrected chi connectivity index (χ1v) is 6.94. The second kappa shape index (κ2) is 6.19. The van der Waals surface area contributed by atoms with Crippen LogP contribution >= 0.6 is 0 Å². The molecule has 0 bridgehead atoms. The number of hydrogen-bond donors (Lipinski definition) is 1. The van der Waals surface area contributed by atoms with Gasteiger partial charge in [-0.25, -0.2) is 0 Å². The number of nitrogens with one attached hydrogen (secondary N) is 1. The van der Waals surface area contributed by atoms with Crippen molar-refractivity contribution < 1.29 is 4.74 Å². The predicted octanol–water partition coefficient (Wildman–Crippen LogP) is 3.07. The minimum absolute atomic E-state index is 0.584. The topological polar surface area (TPSA) is 34.1 Å². The Morgan fingerprint density at radius 2 is 2.11 bits per heavy atom. The lowest BCUT2D eigenvalue weighted by Gasteiger charge is -2.20. The van der Waals surface area contributed by atoms with Gasteiger partial charge in [0.15, 0.2) is 0 Å². The first-order chi connectivity index (χ1) is 8.69. The SMILES string of the molecule is COc1cc(C)nc(CN[C@@H](C)C2CCCC2)c1. The van der Waals surface area contributed by atoms with Gasteiger partial charge in [0.2, 0.25) is 0 Å². The molecular formula is C15H24N2O. The van der Waals surface area contributed by atoms with E-state index >= 15 is 0 Å². The van der Waals surface area contributed by atoms with Gasteiger partial charge in [0.1, 0.15) is 5.75 Å². The summed E-state index contributed by atoms with van der Waals surface area (Å²) >= 11 is 0. The van der Waals surface area contributed by atoms with Crippen molar-refractivity contribution in [3.05, 3.63) is 23.5 Å². The molecule has 0 amide bonds. The number of methoxy groups -OCH3 is 1. The molecule has 2 rings (SSSR count). The molecule has 18 heavy (non-hydrogen) atoms. The third-order valence-corrected chi connectivity index (χ3v) is 3.93. The van der Waals surface area contributed by atoms with Crippen LogP contribution in [-0.4, -0.2) is 18.1 Å². The van der Waals surface area contributed by atoms with Gasteiger partial charge < -0.3 is 10.1 Å². The smallest absolute Gasteiger partial charge is 0.122 e. The van der Waals surface area contributed by atoms with E-state index in [0.29, 0.717) is 6.04 Å². The van der Waals surface area contributed by atoms with Crippen molar-refractivity contribution >= 4 is 0 Å². The van der Waals surface area contributed by atoms with E-state index in [2.05, 4.69) is 17.2 Å². The number of aromatic nitrogens is 1. The summed E-state index contributed by atoms with van der Waals surface area (Å²) in [5.74, 6) is 1.74. The van der Waals surface area contributed by atoms with E-state index in [-0.39, 0.29) is 0 Å². The number of pyridine rings is 1. The highest BCUT2D eigenvalue weighted by atomic mass is 16.5. The summed E-state index contributed by atoms with van der Waals surface area (Å²) in [5.41, 5.74) is 2.08. The third-order valence-electron chi connectivity index (χ3n) is 3.93. The van der Waals surface area contributed by atoms with Crippen LogP contribution in [-0.2, 0) is 6.54 Å². The van der Waals surface area contributed by atoms with Gasteiger partial charge >= 0.3 is 0 Å². The van der Waals surface area contributed by atoms with E-state index in [0.717, 1.165) is 29.6 Å². The molecule has 1 aromatic rings. The van der Waals surface area contributed by atoms with Crippen molar-refractivity contribution in [1.29, 1.82) is 0 Å². The number of rotatable bonds is 5. The molecule has 100 valence electrons. The van der Waals surface area contributed by atoms with Gasteiger partial charge in [-0.2, -0.15) is 0 Å². The van der Waals surface area contributed by atoms with Crippen molar-refractivity contribution in [2.75, 3.05) is 7.11 Å². The van der Waals surface area contributed by atoms with Gasteiger partial charge in [-0.05, 0) is 32.6 Å². The van der Waals surface area contributed by atoms with Crippen LogP contribution in [0.15, 0.2) is 12.1 Å². The number of hydrogen-bond acceptors (Lipinski definition) is 3. The maximum atomic E-state index is 5.27. The van der Waals surface area contributed by atoms with Crippen LogP contribution in [0, 0.1) is 12.8 Å². The van der Waals surface area contributed by atoms with Crippen molar-refractivity contribution in [2.45, 2.75) is 52.1 Å². The largest absolute Gasteiger partial charge is 0.497 e. The van der Waals surface area contributed by atoms with Crippen LogP contribution in [0.3, 0.4) is 0 Å². The van der Waals surface area contributed by atoms with Crippen molar-refractivity contribution in [1.82, 2.24) is 10.3 Å². The Bertz CT molecular complexity index is 386. The average Bonchev–Trinajstić information content (AvgIpc) is 2.89. The zero-order valence-electron chi connectivity index (χ0n) is 11.7. The Kier molecular flexibility index (Phi) is 4.59. The standard InChI is InChI=1S/C15H24N2O/c1-11-8-15(18-3)9-14(17-11)10-16-12(2)13-6-4-5-7-13/h8-9,12-13,16H,4-7,10H2,1-3H3/t12-/m0/s1. The zero-order valence-corrected chi connectivity index (χ0v) is 11.7. The van der Waals surface area contributed by atoms with E-state index in [4.69, 9.17) is 4.74 Å². The lowest BCUT2D eigenvalue weighted by molar-refractivity contribution is 0.377. The van der Waals surface area contributed by atoms with Crippen molar-refractivity contribution in [3.63, 3.8) is 0 Å². The van der Waals surface area contributed by atoms with Crippen molar-refractivity contribution in [2.24, 2.45) is 5.92 Å². The second-order valence-electron chi connectivity index (χ2n) is 5.35. The molecule has 1 N–H and O–H groups in total. The van der Waals surface area contributed by atoms with Crippen LogP contribution in [0.1, 0.15) is 44.0 Å². The Morgan fingerprint density at radius 3 is 2.78 bits per heavy atom. The van der Waals surface area contributed by atoms with Crippen molar-refractivity contribution in [3.8, 4) is 5.75 Å². The summed E-state index contributed by atoms with van der Waals surface area (Å²) in [5, 5.41) is 3.60. The lowest BCUT2D eigenvalue weighted by atomic mass is 10.00. The minimum Gasteiger partial charge on any atom is -0.497 e. The molecule has 3 nitrogen and oxygen atoms in total. The van der Waals surface area contributed by atoms with Crippen LogP contribution in [0.4, 0.5) is 0 Å². The molecule has 1 heterocycles. The second-order valence-corrected chi connectivity index (χ2v) is 5.35. The Hall–Kier alpha value is -1.09. The molecule has 1 aromatic heterocycles. The highest BCUT2D eigenvalue weighted by Gasteiger charge is 2.20. The Morgan fingerprint density at radius 1 is 1.39 bits per heavy atom. The summed E-state index contributed by atoms with van der Waals surface area (Å²) < 4.78 is 5.27. The van der Waals surface area contributed by atoms with Crippen LogP contribution in [0.5, 0.6) is 5.75 Å². The molecular weight excluding hydrogens is 224 g/mol. The van der Waals surface area contributed by atoms with Crippen LogP contribution in [0.25, 0.3) is 0 Å². The predicted molar refractivity (Wildman–Crippen MR) is 73.8 cm³/mol. The van der Waals surface area contributed by atoms with E-state index < -0.39 is 0 Å². The summed E-state index contributed by atoms with van der Waals surface area (Å²) in [6.45, 7) is 5.13. The van der Waals surface area contributed by atoms with Gasteiger partial charge in [-0.15, -0.1) is 0 Å². The van der Waals surface area contributed by atoms with E-state index in [1.165, 1.54) is 25.7 Å². The van der Waals surface area contributed by atoms with E-state index in [9.17, 15) is 0 Å². The molecule has 1 fully saturated rings. The number of ether oxygens (including phenoxy) is 1. The summed E-state index contributed by atoms with van der Waals surface area (Å²) in [4.78, 5) is 4.54. The monoisotopic (exact) mass is 248 g/mol. The first kappa shape index (κ1) is 13.3. The highest BCUT2D eigenvalue weighted by Crippen LogP contribution is 2.27. The van der Waals surface area contributed by atoms with Gasteiger partial charge in [-0.1, -0.05) is 12.8 Å². The molecule has 0 unspecified atom stereocenters. The normalized spacial score (nSPS) is 17.9. The molecule has 1 aliphatic rings. The molecule has 0 radical (unpaired) electrons. The molecule has 0 saturated heterocycles. The minimum atomic E-state index is 0.584. The zero-order chi connectivity index (χ0) is 13.0. The quantitative estimate of drug-likeness (QED) is 0.869.